The lowest BCUT2D eigenvalue weighted by Gasteiger charge is -2.38. The SMILES string of the molecule is Cc1csc(-c2cccc(C(=O)N3CCCCC3C(C)N)c2)n1. The first kappa shape index (κ1) is 16.1. The Hall–Kier alpha value is -1.72. The lowest BCUT2D eigenvalue weighted by atomic mass is 9.96. The van der Waals surface area contributed by atoms with Crippen molar-refractivity contribution in [2.24, 2.45) is 5.73 Å². The minimum absolute atomic E-state index is 0.00375. The van der Waals surface area contributed by atoms with E-state index in [1.165, 1.54) is 0 Å². The average molecular weight is 329 g/mol. The van der Waals surface area contributed by atoms with Crippen LogP contribution >= 0.6 is 11.3 Å². The maximum Gasteiger partial charge on any atom is 0.254 e. The summed E-state index contributed by atoms with van der Waals surface area (Å²) in [4.78, 5) is 19.4. The minimum atomic E-state index is 0.00375. The van der Waals surface area contributed by atoms with Crippen molar-refractivity contribution in [1.82, 2.24) is 9.88 Å². The zero-order valence-electron chi connectivity index (χ0n) is 13.7. The van der Waals surface area contributed by atoms with E-state index in [0.717, 1.165) is 47.6 Å². The maximum absolute atomic E-state index is 13.0. The molecule has 2 atom stereocenters. The quantitative estimate of drug-likeness (QED) is 0.938. The third-order valence-corrected chi connectivity index (χ3v) is 5.40. The summed E-state index contributed by atoms with van der Waals surface area (Å²) < 4.78 is 0. The molecule has 1 saturated heterocycles. The van der Waals surface area contributed by atoms with Crippen LogP contribution in [-0.4, -0.2) is 34.4 Å². The topological polar surface area (TPSA) is 59.2 Å². The van der Waals surface area contributed by atoms with E-state index in [2.05, 4.69) is 4.98 Å². The Balaban J connectivity index is 1.87. The summed E-state index contributed by atoms with van der Waals surface area (Å²) in [6.45, 7) is 4.77. The molecule has 23 heavy (non-hydrogen) atoms. The fourth-order valence-corrected chi connectivity index (χ4v) is 3.99. The molecule has 1 amide bonds. The maximum atomic E-state index is 13.0. The Morgan fingerprint density at radius 3 is 2.96 bits per heavy atom. The zero-order chi connectivity index (χ0) is 16.4. The Kier molecular flexibility index (Phi) is 4.78. The first-order chi connectivity index (χ1) is 11.1. The van der Waals surface area contributed by atoms with E-state index in [1.807, 2.05) is 48.4 Å². The molecular formula is C18H23N3OS. The third kappa shape index (κ3) is 3.46. The van der Waals surface area contributed by atoms with Gasteiger partial charge >= 0.3 is 0 Å². The zero-order valence-corrected chi connectivity index (χ0v) is 14.5. The number of rotatable bonds is 3. The summed E-state index contributed by atoms with van der Waals surface area (Å²) in [6, 6.07) is 7.93. The molecule has 0 spiro atoms. The molecule has 0 radical (unpaired) electrons. The predicted molar refractivity (Wildman–Crippen MR) is 94.6 cm³/mol. The normalized spacial score (nSPS) is 19.6. The first-order valence-electron chi connectivity index (χ1n) is 8.15. The summed E-state index contributed by atoms with van der Waals surface area (Å²) in [7, 11) is 0. The van der Waals surface area contributed by atoms with Gasteiger partial charge in [-0.25, -0.2) is 4.98 Å². The molecule has 0 saturated carbocycles. The number of benzene rings is 1. The van der Waals surface area contributed by atoms with Crippen molar-refractivity contribution in [3.8, 4) is 10.6 Å². The van der Waals surface area contributed by atoms with Gasteiger partial charge in [0.15, 0.2) is 0 Å². The third-order valence-electron chi connectivity index (χ3n) is 4.39. The van der Waals surface area contributed by atoms with Gasteiger partial charge in [0.2, 0.25) is 0 Å². The van der Waals surface area contributed by atoms with Gasteiger partial charge in [-0.05, 0) is 45.2 Å². The standard InChI is InChI=1S/C18H23N3OS/c1-12-11-23-17(20-12)14-6-5-7-15(10-14)18(22)21-9-4-3-8-16(21)13(2)19/h5-7,10-11,13,16H,3-4,8-9,19H2,1-2H3. The second-order valence-electron chi connectivity index (χ2n) is 6.30. The van der Waals surface area contributed by atoms with E-state index in [-0.39, 0.29) is 18.0 Å². The van der Waals surface area contributed by atoms with E-state index in [1.54, 1.807) is 11.3 Å². The molecule has 5 heteroatoms. The van der Waals surface area contributed by atoms with Gasteiger partial charge in [0, 0.05) is 40.8 Å². The number of aryl methyl sites for hydroxylation is 1. The number of piperidine rings is 1. The van der Waals surface area contributed by atoms with Crippen molar-refractivity contribution in [3.63, 3.8) is 0 Å². The highest BCUT2D eigenvalue weighted by Crippen LogP contribution is 2.26. The van der Waals surface area contributed by atoms with Crippen LogP contribution in [0.3, 0.4) is 0 Å². The number of nitrogens with zero attached hydrogens (tertiary/aromatic N) is 2. The highest BCUT2D eigenvalue weighted by molar-refractivity contribution is 7.13. The number of carbonyl (C=O) groups is 1. The van der Waals surface area contributed by atoms with Crippen molar-refractivity contribution >= 4 is 17.2 Å². The number of amides is 1. The summed E-state index contributed by atoms with van der Waals surface area (Å²) >= 11 is 1.61. The number of likely N-dealkylation sites (tertiary alicyclic amines) is 1. The van der Waals surface area contributed by atoms with Gasteiger partial charge in [-0.2, -0.15) is 0 Å². The highest BCUT2D eigenvalue weighted by atomic mass is 32.1. The number of hydrogen-bond donors (Lipinski definition) is 1. The van der Waals surface area contributed by atoms with Crippen molar-refractivity contribution in [3.05, 3.63) is 40.9 Å². The van der Waals surface area contributed by atoms with Crippen molar-refractivity contribution < 1.29 is 4.79 Å². The van der Waals surface area contributed by atoms with Gasteiger partial charge in [0.1, 0.15) is 5.01 Å². The lowest BCUT2D eigenvalue weighted by molar-refractivity contribution is 0.0584. The molecule has 2 heterocycles. The summed E-state index contributed by atoms with van der Waals surface area (Å²) in [5.41, 5.74) is 8.83. The van der Waals surface area contributed by atoms with Crippen molar-refractivity contribution in [2.45, 2.75) is 45.2 Å². The molecule has 2 aromatic rings. The summed E-state index contributed by atoms with van der Waals surface area (Å²) in [5.74, 6) is 0.0853. The van der Waals surface area contributed by atoms with Gasteiger partial charge in [-0.15, -0.1) is 11.3 Å². The largest absolute Gasteiger partial charge is 0.334 e. The molecule has 1 aliphatic rings. The molecule has 1 aliphatic heterocycles. The van der Waals surface area contributed by atoms with Crippen LogP contribution in [0.4, 0.5) is 0 Å². The van der Waals surface area contributed by atoms with Crippen LogP contribution in [0.15, 0.2) is 29.6 Å². The molecule has 1 aromatic carbocycles. The minimum Gasteiger partial charge on any atom is -0.334 e. The first-order valence-corrected chi connectivity index (χ1v) is 9.03. The van der Waals surface area contributed by atoms with Crippen LogP contribution < -0.4 is 5.73 Å². The van der Waals surface area contributed by atoms with E-state index in [9.17, 15) is 4.79 Å². The molecular weight excluding hydrogens is 306 g/mol. The smallest absolute Gasteiger partial charge is 0.254 e. The summed E-state index contributed by atoms with van der Waals surface area (Å²) in [6.07, 6.45) is 3.20. The van der Waals surface area contributed by atoms with E-state index in [0.29, 0.717) is 0 Å². The van der Waals surface area contributed by atoms with Gasteiger partial charge in [-0.1, -0.05) is 12.1 Å². The number of hydrogen-bond acceptors (Lipinski definition) is 4. The van der Waals surface area contributed by atoms with Crippen LogP contribution in [-0.2, 0) is 0 Å². The number of carbonyl (C=O) groups excluding carboxylic acids is 1. The van der Waals surface area contributed by atoms with Crippen LogP contribution in [0.2, 0.25) is 0 Å². The fourth-order valence-electron chi connectivity index (χ4n) is 3.19. The Morgan fingerprint density at radius 1 is 1.43 bits per heavy atom. The van der Waals surface area contributed by atoms with E-state index < -0.39 is 0 Å². The van der Waals surface area contributed by atoms with Gasteiger partial charge in [0.25, 0.3) is 5.91 Å². The monoisotopic (exact) mass is 329 g/mol. The Labute approximate surface area is 141 Å². The van der Waals surface area contributed by atoms with Gasteiger partial charge in [-0.3, -0.25) is 4.79 Å². The van der Waals surface area contributed by atoms with Crippen LogP contribution in [0.5, 0.6) is 0 Å². The molecule has 0 bridgehead atoms. The highest BCUT2D eigenvalue weighted by Gasteiger charge is 2.29. The predicted octanol–water partition coefficient (Wildman–Crippen LogP) is 3.46. The van der Waals surface area contributed by atoms with Gasteiger partial charge in [0.05, 0.1) is 0 Å². The molecule has 3 rings (SSSR count). The molecule has 4 nitrogen and oxygen atoms in total. The lowest BCUT2D eigenvalue weighted by Crippen LogP contribution is -2.51. The molecule has 1 aromatic heterocycles. The van der Waals surface area contributed by atoms with E-state index >= 15 is 0 Å². The van der Waals surface area contributed by atoms with E-state index in [4.69, 9.17) is 5.73 Å². The summed E-state index contributed by atoms with van der Waals surface area (Å²) in [5, 5.41) is 2.99. The Morgan fingerprint density at radius 2 is 2.26 bits per heavy atom. The fraction of sp³-hybridized carbons (Fsp3) is 0.444. The van der Waals surface area contributed by atoms with Crippen LogP contribution in [0.25, 0.3) is 10.6 Å². The van der Waals surface area contributed by atoms with Gasteiger partial charge < -0.3 is 10.6 Å². The average Bonchev–Trinajstić information content (AvgIpc) is 3.01. The molecule has 122 valence electrons. The number of nitrogens with two attached hydrogens (primary N) is 1. The molecule has 2 unspecified atom stereocenters. The van der Waals surface area contributed by atoms with Crippen LogP contribution in [0, 0.1) is 6.92 Å². The molecule has 1 fully saturated rings. The Bertz CT molecular complexity index is 695. The van der Waals surface area contributed by atoms with Crippen molar-refractivity contribution in [1.29, 1.82) is 0 Å². The number of aromatic nitrogens is 1. The molecule has 2 N–H and O–H groups in total. The second-order valence-corrected chi connectivity index (χ2v) is 7.15. The van der Waals surface area contributed by atoms with Crippen LogP contribution in [0.1, 0.15) is 42.2 Å². The second kappa shape index (κ2) is 6.81. The van der Waals surface area contributed by atoms with Crippen molar-refractivity contribution in [2.75, 3.05) is 6.54 Å². The number of thiazole rings is 1. The molecule has 0 aliphatic carbocycles.